The number of amides is 2. The largest absolute Gasteiger partial charge is 0.347 e. The van der Waals surface area contributed by atoms with Crippen LogP contribution in [0.15, 0.2) is 66.9 Å². The molecule has 3 aromatic rings. The molecule has 2 aromatic carbocycles. The molecule has 0 spiro atoms. The molecule has 1 aromatic heterocycles. The first-order valence-electron chi connectivity index (χ1n) is 11.3. The van der Waals surface area contributed by atoms with Crippen LogP contribution in [0.3, 0.4) is 0 Å². The fraction of sp³-hybridized carbons (Fsp3) is 0.360. The predicted molar refractivity (Wildman–Crippen MR) is 122 cm³/mol. The number of halogens is 1. The highest BCUT2D eigenvalue weighted by molar-refractivity contribution is 5.91. The second-order valence-electron chi connectivity index (χ2n) is 8.37. The summed E-state index contributed by atoms with van der Waals surface area (Å²) in [5.41, 5.74) is 2.37. The number of carbonyl (C=O) groups is 2. The number of nitrogens with zero attached hydrogens (tertiary/aromatic N) is 4. The highest BCUT2D eigenvalue weighted by Gasteiger charge is 2.35. The lowest BCUT2D eigenvalue weighted by molar-refractivity contribution is -0.132. The number of hydrogen-bond acceptors (Lipinski definition) is 4. The van der Waals surface area contributed by atoms with Crippen molar-refractivity contribution in [1.82, 2.24) is 25.2 Å². The lowest BCUT2D eigenvalue weighted by Crippen LogP contribution is -2.38. The van der Waals surface area contributed by atoms with E-state index in [1.807, 2.05) is 60.7 Å². The van der Waals surface area contributed by atoms with Crippen molar-refractivity contribution in [3.05, 3.63) is 83.7 Å². The van der Waals surface area contributed by atoms with Crippen LogP contribution in [-0.4, -0.2) is 50.5 Å². The van der Waals surface area contributed by atoms with Gasteiger partial charge in [0, 0.05) is 19.4 Å². The van der Waals surface area contributed by atoms with Gasteiger partial charge >= 0.3 is 0 Å². The Balaban J connectivity index is 1.29. The van der Waals surface area contributed by atoms with E-state index in [0.717, 1.165) is 18.4 Å². The maximum atomic E-state index is 14.2. The number of rotatable bonds is 9. The number of alkyl halides is 1. The van der Waals surface area contributed by atoms with Gasteiger partial charge in [-0.3, -0.25) is 9.59 Å². The predicted octanol–water partition coefficient (Wildman–Crippen LogP) is 3.17. The van der Waals surface area contributed by atoms with Gasteiger partial charge < -0.3 is 10.2 Å². The van der Waals surface area contributed by atoms with Crippen LogP contribution >= 0.6 is 0 Å². The topological polar surface area (TPSA) is 80.1 Å². The zero-order valence-corrected chi connectivity index (χ0v) is 18.4. The van der Waals surface area contributed by atoms with Gasteiger partial charge in [-0.15, -0.1) is 5.10 Å². The Morgan fingerprint density at radius 3 is 2.45 bits per heavy atom. The lowest BCUT2D eigenvalue weighted by atomic mass is 10.1. The summed E-state index contributed by atoms with van der Waals surface area (Å²) in [6.07, 6.45) is 2.67. The molecule has 2 unspecified atom stereocenters. The number of nitrogens with one attached hydrogen (secondary N) is 1. The maximum Gasteiger partial charge on any atom is 0.273 e. The van der Waals surface area contributed by atoms with E-state index < -0.39 is 6.17 Å². The SMILES string of the molecule is O=C(NCc1ccccc1)c1cn(CC2CC(F)CN2C(=O)CCCc2ccccc2)nn1. The van der Waals surface area contributed by atoms with E-state index in [1.165, 1.54) is 10.2 Å². The summed E-state index contributed by atoms with van der Waals surface area (Å²) >= 11 is 0. The van der Waals surface area contributed by atoms with Crippen LogP contribution in [0.2, 0.25) is 0 Å². The van der Waals surface area contributed by atoms with Gasteiger partial charge in [-0.25, -0.2) is 9.07 Å². The van der Waals surface area contributed by atoms with Crippen LogP contribution in [0.4, 0.5) is 4.39 Å². The number of carbonyl (C=O) groups excluding carboxylic acids is 2. The molecular weight excluding hydrogens is 421 g/mol. The number of aromatic nitrogens is 3. The van der Waals surface area contributed by atoms with E-state index in [4.69, 9.17) is 0 Å². The van der Waals surface area contributed by atoms with Gasteiger partial charge in [0.05, 0.1) is 25.3 Å². The van der Waals surface area contributed by atoms with E-state index in [0.29, 0.717) is 19.5 Å². The quantitative estimate of drug-likeness (QED) is 0.544. The number of aryl methyl sites for hydroxylation is 1. The molecule has 2 heterocycles. The first-order valence-corrected chi connectivity index (χ1v) is 11.3. The van der Waals surface area contributed by atoms with Crippen molar-refractivity contribution in [2.75, 3.05) is 6.54 Å². The Bertz CT molecular complexity index is 1060. The van der Waals surface area contributed by atoms with Crippen molar-refractivity contribution in [1.29, 1.82) is 0 Å². The highest BCUT2D eigenvalue weighted by atomic mass is 19.1. The van der Waals surface area contributed by atoms with Gasteiger partial charge in [0.1, 0.15) is 6.17 Å². The lowest BCUT2D eigenvalue weighted by Gasteiger charge is -2.24. The molecular formula is C25H28FN5O2. The van der Waals surface area contributed by atoms with E-state index >= 15 is 0 Å². The van der Waals surface area contributed by atoms with E-state index in [2.05, 4.69) is 15.6 Å². The molecule has 0 bridgehead atoms. The molecule has 0 saturated carbocycles. The average molecular weight is 450 g/mol. The first-order chi connectivity index (χ1) is 16.1. The fourth-order valence-corrected chi connectivity index (χ4v) is 4.15. The molecule has 1 fully saturated rings. The Kier molecular flexibility index (Phi) is 7.44. The molecule has 7 nitrogen and oxygen atoms in total. The Morgan fingerprint density at radius 2 is 1.73 bits per heavy atom. The number of likely N-dealkylation sites (tertiary alicyclic amines) is 1. The summed E-state index contributed by atoms with van der Waals surface area (Å²) in [4.78, 5) is 26.8. The zero-order valence-electron chi connectivity index (χ0n) is 18.4. The van der Waals surface area contributed by atoms with Crippen LogP contribution in [0.5, 0.6) is 0 Å². The molecule has 0 radical (unpaired) electrons. The molecule has 172 valence electrons. The van der Waals surface area contributed by atoms with Crippen LogP contribution in [0.1, 0.15) is 40.9 Å². The van der Waals surface area contributed by atoms with Crippen molar-refractivity contribution in [3.8, 4) is 0 Å². The summed E-state index contributed by atoms with van der Waals surface area (Å²) in [6.45, 7) is 0.807. The summed E-state index contributed by atoms with van der Waals surface area (Å²) in [5, 5.41) is 10.8. The van der Waals surface area contributed by atoms with Gasteiger partial charge in [-0.1, -0.05) is 65.9 Å². The van der Waals surface area contributed by atoms with Crippen LogP contribution in [0, 0.1) is 0 Å². The molecule has 4 rings (SSSR count). The second kappa shape index (κ2) is 10.8. The summed E-state index contributed by atoms with van der Waals surface area (Å²) in [6, 6.07) is 19.3. The Labute approximate surface area is 192 Å². The minimum atomic E-state index is -1.05. The van der Waals surface area contributed by atoms with Crippen LogP contribution in [0.25, 0.3) is 0 Å². The van der Waals surface area contributed by atoms with Gasteiger partial charge in [0.15, 0.2) is 5.69 Å². The highest BCUT2D eigenvalue weighted by Crippen LogP contribution is 2.23. The third-order valence-corrected chi connectivity index (χ3v) is 5.85. The molecule has 0 aliphatic carbocycles. The van der Waals surface area contributed by atoms with Crippen molar-refractivity contribution in [3.63, 3.8) is 0 Å². The van der Waals surface area contributed by atoms with Crippen molar-refractivity contribution in [2.45, 2.75) is 51.0 Å². The smallest absolute Gasteiger partial charge is 0.273 e. The maximum absolute atomic E-state index is 14.2. The molecule has 2 atom stereocenters. The second-order valence-corrected chi connectivity index (χ2v) is 8.37. The standard InChI is InChI=1S/C25H28FN5O2/c26-21-14-22(31(16-21)24(32)13-7-12-19-8-3-1-4-9-19)17-30-18-23(28-29-30)25(33)27-15-20-10-5-2-6-11-20/h1-6,8-11,18,21-22H,7,12-17H2,(H,27,33). The van der Waals surface area contributed by atoms with Gasteiger partial charge in [0.2, 0.25) is 5.91 Å². The molecule has 33 heavy (non-hydrogen) atoms. The monoisotopic (exact) mass is 449 g/mol. The number of benzene rings is 2. The average Bonchev–Trinajstić information content (AvgIpc) is 3.45. The number of hydrogen-bond donors (Lipinski definition) is 1. The molecule has 2 amide bonds. The van der Waals surface area contributed by atoms with Crippen LogP contribution < -0.4 is 5.32 Å². The Hall–Kier alpha value is -3.55. The molecule has 1 aliphatic rings. The normalized spacial score (nSPS) is 17.8. The Morgan fingerprint density at radius 1 is 1.03 bits per heavy atom. The summed E-state index contributed by atoms with van der Waals surface area (Å²) in [7, 11) is 0. The van der Waals surface area contributed by atoms with Crippen molar-refractivity contribution < 1.29 is 14.0 Å². The van der Waals surface area contributed by atoms with E-state index in [9.17, 15) is 14.0 Å². The summed E-state index contributed by atoms with van der Waals surface area (Å²) < 4.78 is 15.7. The minimum absolute atomic E-state index is 0.0444. The molecule has 1 N–H and O–H groups in total. The molecule has 8 heteroatoms. The van der Waals surface area contributed by atoms with Gasteiger partial charge in [0.25, 0.3) is 5.91 Å². The zero-order chi connectivity index (χ0) is 23.0. The summed E-state index contributed by atoms with van der Waals surface area (Å²) in [5.74, 6) is -0.370. The molecule has 1 aliphatic heterocycles. The first kappa shape index (κ1) is 22.6. The van der Waals surface area contributed by atoms with Crippen molar-refractivity contribution >= 4 is 11.8 Å². The van der Waals surface area contributed by atoms with Crippen molar-refractivity contribution in [2.24, 2.45) is 0 Å². The molecule has 1 saturated heterocycles. The van der Waals surface area contributed by atoms with E-state index in [-0.39, 0.29) is 36.5 Å². The van der Waals surface area contributed by atoms with E-state index in [1.54, 1.807) is 11.1 Å². The van der Waals surface area contributed by atoms with Gasteiger partial charge in [-0.2, -0.15) is 0 Å². The third kappa shape index (κ3) is 6.25. The third-order valence-electron chi connectivity index (χ3n) is 5.85. The van der Waals surface area contributed by atoms with Crippen LogP contribution in [-0.2, 0) is 24.3 Å². The fourth-order valence-electron chi connectivity index (χ4n) is 4.15. The van der Waals surface area contributed by atoms with Gasteiger partial charge in [-0.05, 0) is 24.0 Å². The minimum Gasteiger partial charge on any atom is -0.347 e.